The lowest BCUT2D eigenvalue weighted by molar-refractivity contribution is -0.121. The first-order chi connectivity index (χ1) is 10.8. The molecule has 2 aliphatic heterocycles. The van der Waals surface area contributed by atoms with E-state index in [2.05, 4.69) is 5.32 Å². The summed E-state index contributed by atoms with van der Waals surface area (Å²) >= 11 is 0. The predicted molar refractivity (Wildman–Crippen MR) is 88.3 cm³/mol. The Morgan fingerprint density at radius 2 is 2.00 bits per heavy atom. The first-order valence-electron chi connectivity index (χ1n) is 7.86. The second-order valence-corrected chi connectivity index (χ2v) is 7.12. The van der Waals surface area contributed by atoms with Gasteiger partial charge in [0.1, 0.15) is 5.60 Å². The zero-order chi connectivity index (χ0) is 16.7. The second-order valence-electron chi connectivity index (χ2n) is 7.12. The summed E-state index contributed by atoms with van der Waals surface area (Å²) in [6.07, 6.45) is 4.09. The molecule has 2 aliphatic rings. The molecule has 0 bridgehead atoms. The normalized spacial score (nSPS) is 23.4. The van der Waals surface area contributed by atoms with Crippen molar-refractivity contribution in [2.24, 2.45) is 0 Å². The van der Waals surface area contributed by atoms with Gasteiger partial charge in [-0.2, -0.15) is 0 Å². The fraction of sp³-hybridized carbons (Fsp3) is 0.444. The number of rotatable bonds is 0. The van der Waals surface area contributed by atoms with Crippen molar-refractivity contribution in [3.8, 4) is 0 Å². The van der Waals surface area contributed by atoms with Crippen molar-refractivity contribution in [2.75, 3.05) is 18.4 Å². The lowest BCUT2D eigenvalue weighted by Crippen LogP contribution is -2.48. The molecule has 1 unspecified atom stereocenters. The number of carbonyl (C=O) groups excluding carboxylic acids is 2. The van der Waals surface area contributed by atoms with Crippen molar-refractivity contribution >= 4 is 17.7 Å². The molecular weight excluding hydrogens is 292 g/mol. The maximum Gasteiger partial charge on any atom is 0.410 e. The van der Waals surface area contributed by atoms with E-state index in [4.69, 9.17) is 4.74 Å². The average molecular weight is 314 g/mol. The van der Waals surface area contributed by atoms with Gasteiger partial charge in [-0.3, -0.25) is 4.79 Å². The molecule has 0 fully saturated rings. The third kappa shape index (κ3) is 2.83. The number of carbonyl (C=O) groups is 2. The van der Waals surface area contributed by atoms with Crippen molar-refractivity contribution in [3.63, 3.8) is 0 Å². The Morgan fingerprint density at radius 3 is 2.74 bits per heavy atom. The van der Waals surface area contributed by atoms with Crippen LogP contribution in [0.2, 0.25) is 0 Å². The van der Waals surface area contributed by atoms with Gasteiger partial charge in [-0.05, 0) is 38.8 Å². The number of anilines is 1. The van der Waals surface area contributed by atoms with Gasteiger partial charge in [0.25, 0.3) is 0 Å². The highest BCUT2D eigenvalue weighted by atomic mass is 16.6. The van der Waals surface area contributed by atoms with E-state index in [9.17, 15) is 9.59 Å². The zero-order valence-corrected chi connectivity index (χ0v) is 13.8. The third-order valence-corrected chi connectivity index (χ3v) is 4.20. The number of nitrogens with one attached hydrogen (secondary N) is 1. The minimum Gasteiger partial charge on any atom is -0.444 e. The molecule has 5 nitrogen and oxygen atoms in total. The van der Waals surface area contributed by atoms with E-state index < -0.39 is 11.0 Å². The van der Waals surface area contributed by atoms with Crippen LogP contribution < -0.4 is 5.32 Å². The topological polar surface area (TPSA) is 58.6 Å². The molecule has 5 heteroatoms. The molecule has 2 heterocycles. The Bertz CT molecular complexity index is 675. The van der Waals surface area contributed by atoms with E-state index in [1.807, 2.05) is 57.2 Å². The molecule has 122 valence electrons. The molecule has 1 spiro atoms. The minimum absolute atomic E-state index is 0.0567. The van der Waals surface area contributed by atoms with Crippen LogP contribution in [0.15, 0.2) is 36.4 Å². The molecule has 0 radical (unpaired) electrons. The Hall–Kier alpha value is -2.30. The fourth-order valence-electron chi connectivity index (χ4n) is 3.14. The van der Waals surface area contributed by atoms with Gasteiger partial charge in [-0.1, -0.05) is 30.4 Å². The number of para-hydroxylation sites is 1. The van der Waals surface area contributed by atoms with Crippen LogP contribution in [0, 0.1) is 0 Å². The van der Waals surface area contributed by atoms with E-state index in [-0.39, 0.29) is 12.0 Å². The Balaban J connectivity index is 1.93. The van der Waals surface area contributed by atoms with Crippen molar-refractivity contribution in [2.45, 2.75) is 38.2 Å². The smallest absolute Gasteiger partial charge is 0.410 e. The number of ether oxygens (including phenoxy) is 1. The standard InChI is InChI=1S/C18H22N2O3/c1-17(2,3)23-16(22)20-11-7-6-10-18(12-20)13-8-4-5-9-14(13)19-15(18)21/h4-9H,10-12H2,1-3H3,(H,19,21). The highest BCUT2D eigenvalue weighted by Gasteiger charge is 2.48. The van der Waals surface area contributed by atoms with Crippen LogP contribution >= 0.6 is 0 Å². The Labute approximate surface area is 136 Å². The highest BCUT2D eigenvalue weighted by Crippen LogP contribution is 2.42. The molecular formula is C18H22N2O3. The first kappa shape index (κ1) is 15.6. The van der Waals surface area contributed by atoms with Crippen LogP contribution in [0.5, 0.6) is 0 Å². The number of allylic oxidation sites excluding steroid dienone is 1. The molecule has 0 aliphatic carbocycles. The number of benzene rings is 1. The molecule has 0 saturated heterocycles. The van der Waals surface area contributed by atoms with E-state index in [0.717, 1.165) is 11.3 Å². The highest BCUT2D eigenvalue weighted by molar-refractivity contribution is 6.06. The van der Waals surface area contributed by atoms with Gasteiger partial charge in [0.15, 0.2) is 0 Å². The SMILES string of the molecule is CC(C)(C)OC(=O)N1CC=CCC2(C1)C(=O)Nc1ccccc12. The van der Waals surface area contributed by atoms with Crippen LogP contribution in [-0.2, 0) is 14.9 Å². The summed E-state index contributed by atoms with van der Waals surface area (Å²) in [4.78, 5) is 26.8. The van der Waals surface area contributed by atoms with Gasteiger partial charge in [0.2, 0.25) is 5.91 Å². The van der Waals surface area contributed by atoms with Crippen molar-refractivity contribution in [1.29, 1.82) is 0 Å². The van der Waals surface area contributed by atoms with Gasteiger partial charge in [-0.25, -0.2) is 4.79 Å². The van der Waals surface area contributed by atoms with Crippen LogP contribution in [0.3, 0.4) is 0 Å². The molecule has 3 rings (SSSR count). The van der Waals surface area contributed by atoms with Gasteiger partial charge >= 0.3 is 6.09 Å². The number of nitrogens with zero attached hydrogens (tertiary/aromatic N) is 1. The van der Waals surface area contributed by atoms with Crippen LogP contribution in [-0.4, -0.2) is 35.6 Å². The molecule has 0 aromatic heterocycles. The summed E-state index contributed by atoms with van der Waals surface area (Å²) in [6, 6.07) is 7.68. The summed E-state index contributed by atoms with van der Waals surface area (Å²) < 4.78 is 5.48. The molecule has 23 heavy (non-hydrogen) atoms. The quantitative estimate of drug-likeness (QED) is 0.749. The van der Waals surface area contributed by atoms with Crippen molar-refractivity contribution in [1.82, 2.24) is 4.90 Å². The fourth-order valence-corrected chi connectivity index (χ4v) is 3.14. The van der Waals surface area contributed by atoms with Gasteiger partial charge in [0.05, 0.1) is 5.41 Å². The number of amides is 2. The number of hydrogen-bond donors (Lipinski definition) is 1. The number of hydrogen-bond acceptors (Lipinski definition) is 3. The lowest BCUT2D eigenvalue weighted by atomic mass is 9.78. The zero-order valence-electron chi connectivity index (χ0n) is 13.8. The van der Waals surface area contributed by atoms with Crippen LogP contribution in [0.25, 0.3) is 0 Å². The number of fused-ring (bicyclic) bond motifs is 2. The summed E-state index contributed by atoms with van der Waals surface area (Å²) in [5.74, 6) is -0.0567. The molecule has 0 saturated carbocycles. The first-order valence-corrected chi connectivity index (χ1v) is 7.86. The largest absolute Gasteiger partial charge is 0.444 e. The Kier molecular flexibility index (Phi) is 3.66. The maximum absolute atomic E-state index is 12.7. The monoisotopic (exact) mass is 314 g/mol. The molecule has 1 N–H and O–H groups in total. The van der Waals surface area contributed by atoms with Crippen LogP contribution in [0.1, 0.15) is 32.8 Å². The van der Waals surface area contributed by atoms with E-state index in [1.165, 1.54) is 0 Å². The van der Waals surface area contributed by atoms with E-state index >= 15 is 0 Å². The predicted octanol–water partition coefficient (Wildman–Crippen LogP) is 3.07. The molecule has 1 aromatic carbocycles. The molecule has 1 atom stereocenters. The van der Waals surface area contributed by atoms with Crippen molar-refractivity contribution in [3.05, 3.63) is 42.0 Å². The third-order valence-electron chi connectivity index (χ3n) is 4.20. The van der Waals surface area contributed by atoms with Crippen molar-refractivity contribution < 1.29 is 14.3 Å². The van der Waals surface area contributed by atoms with E-state index in [0.29, 0.717) is 19.5 Å². The van der Waals surface area contributed by atoms with Gasteiger partial charge < -0.3 is 15.0 Å². The Morgan fingerprint density at radius 1 is 1.26 bits per heavy atom. The molecule has 1 aromatic rings. The van der Waals surface area contributed by atoms with Crippen LogP contribution in [0.4, 0.5) is 10.5 Å². The van der Waals surface area contributed by atoms with E-state index in [1.54, 1.807) is 4.90 Å². The average Bonchev–Trinajstić information content (AvgIpc) is 2.63. The molecule has 2 amide bonds. The second kappa shape index (κ2) is 5.41. The summed E-state index contributed by atoms with van der Waals surface area (Å²) in [5.41, 5.74) is 0.485. The summed E-state index contributed by atoms with van der Waals surface area (Å²) in [7, 11) is 0. The maximum atomic E-state index is 12.7. The lowest BCUT2D eigenvalue weighted by Gasteiger charge is -2.32. The van der Waals surface area contributed by atoms with Gasteiger partial charge in [0, 0.05) is 18.8 Å². The summed E-state index contributed by atoms with van der Waals surface area (Å²) in [5, 5.41) is 2.94. The summed E-state index contributed by atoms with van der Waals surface area (Å²) in [6.45, 7) is 6.29. The minimum atomic E-state index is -0.736. The van der Waals surface area contributed by atoms with Gasteiger partial charge in [-0.15, -0.1) is 0 Å².